The Balaban J connectivity index is 1.30. The largest absolute Gasteiger partial charge is 0.338 e. The zero-order chi connectivity index (χ0) is 18.2. The van der Waals surface area contributed by atoms with Crippen LogP contribution in [0.3, 0.4) is 0 Å². The zero-order valence-corrected chi connectivity index (χ0v) is 16.5. The minimum atomic E-state index is 0.159. The summed E-state index contributed by atoms with van der Waals surface area (Å²) in [6, 6.07) is 2.67. The van der Waals surface area contributed by atoms with Crippen molar-refractivity contribution in [2.75, 3.05) is 19.6 Å². The zero-order valence-electron chi connectivity index (χ0n) is 15.7. The quantitative estimate of drug-likeness (QED) is 0.815. The molecule has 144 valence electrons. The highest BCUT2D eigenvalue weighted by atomic mass is 32.1. The van der Waals surface area contributed by atoms with E-state index in [9.17, 15) is 4.79 Å². The Morgan fingerprint density at radius 1 is 1.07 bits per heavy atom. The predicted octanol–water partition coefficient (Wildman–Crippen LogP) is 3.12. The Bertz CT molecular complexity index is 795. The van der Waals surface area contributed by atoms with E-state index in [0.29, 0.717) is 5.92 Å². The van der Waals surface area contributed by atoms with Crippen LogP contribution in [0.15, 0.2) is 16.8 Å². The second-order valence-electron chi connectivity index (χ2n) is 8.14. The summed E-state index contributed by atoms with van der Waals surface area (Å²) in [5.41, 5.74) is 0.816. The van der Waals surface area contributed by atoms with Gasteiger partial charge in [-0.25, -0.2) is 0 Å². The topological polar surface area (TPSA) is 54.3 Å². The Hall–Kier alpha value is -1.73. The number of likely N-dealkylation sites (tertiary alicyclic amines) is 1. The van der Waals surface area contributed by atoms with Crippen LogP contribution >= 0.6 is 11.3 Å². The summed E-state index contributed by atoms with van der Waals surface area (Å²) < 4.78 is 2.34. The highest BCUT2D eigenvalue weighted by Crippen LogP contribution is 2.31. The van der Waals surface area contributed by atoms with Gasteiger partial charge in [-0.2, -0.15) is 11.3 Å². The van der Waals surface area contributed by atoms with Gasteiger partial charge in [0.2, 0.25) is 0 Å². The number of rotatable bonds is 3. The first-order valence-electron chi connectivity index (χ1n) is 10.3. The molecule has 1 atom stereocenters. The molecule has 1 aliphatic carbocycles. The van der Waals surface area contributed by atoms with Crippen molar-refractivity contribution in [1.29, 1.82) is 0 Å². The Morgan fingerprint density at radius 2 is 1.96 bits per heavy atom. The van der Waals surface area contributed by atoms with Gasteiger partial charge >= 0.3 is 0 Å². The summed E-state index contributed by atoms with van der Waals surface area (Å²) in [7, 11) is 0. The summed E-state index contributed by atoms with van der Waals surface area (Å²) in [5, 5.41) is 13.1. The first-order chi connectivity index (χ1) is 13.3. The number of amides is 1. The number of fused-ring (bicyclic) bond motifs is 1. The fourth-order valence-corrected chi connectivity index (χ4v) is 5.65. The SMILES string of the molecule is O=C(c1ccsc1)N1CCCC(c2nnc3n2CCN(C2CCCC2)C3)C1. The average molecular weight is 386 g/mol. The molecule has 0 N–H and O–H groups in total. The van der Waals surface area contributed by atoms with E-state index >= 15 is 0 Å². The molecule has 0 spiro atoms. The van der Waals surface area contributed by atoms with E-state index in [1.165, 1.54) is 25.7 Å². The number of hydrogen-bond donors (Lipinski definition) is 0. The van der Waals surface area contributed by atoms with Crippen molar-refractivity contribution in [3.63, 3.8) is 0 Å². The molecule has 2 aromatic heterocycles. The minimum Gasteiger partial charge on any atom is -0.338 e. The third-order valence-corrected chi connectivity index (χ3v) is 7.18. The molecule has 2 aromatic rings. The molecule has 1 saturated carbocycles. The molecular weight excluding hydrogens is 358 g/mol. The number of piperidine rings is 1. The van der Waals surface area contributed by atoms with Crippen molar-refractivity contribution in [1.82, 2.24) is 24.6 Å². The molecule has 7 heteroatoms. The molecule has 1 unspecified atom stereocenters. The van der Waals surface area contributed by atoms with Crippen LogP contribution in [0.5, 0.6) is 0 Å². The van der Waals surface area contributed by atoms with Crippen LogP contribution in [0.25, 0.3) is 0 Å². The summed E-state index contributed by atoms with van der Waals surface area (Å²) in [6.07, 6.45) is 7.55. The van der Waals surface area contributed by atoms with Gasteiger partial charge in [0.05, 0.1) is 12.1 Å². The maximum atomic E-state index is 12.7. The summed E-state index contributed by atoms with van der Waals surface area (Å²) in [4.78, 5) is 17.3. The highest BCUT2D eigenvalue weighted by molar-refractivity contribution is 7.08. The molecule has 5 rings (SSSR count). The van der Waals surface area contributed by atoms with E-state index in [4.69, 9.17) is 0 Å². The third-order valence-electron chi connectivity index (χ3n) is 6.49. The van der Waals surface area contributed by atoms with E-state index in [-0.39, 0.29) is 5.91 Å². The number of nitrogens with zero attached hydrogens (tertiary/aromatic N) is 5. The van der Waals surface area contributed by atoms with Crippen LogP contribution in [0.1, 0.15) is 66.4 Å². The lowest BCUT2D eigenvalue weighted by molar-refractivity contribution is 0.0702. The maximum absolute atomic E-state index is 12.7. The van der Waals surface area contributed by atoms with Crippen molar-refractivity contribution in [3.05, 3.63) is 34.0 Å². The van der Waals surface area contributed by atoms with Crippen LogP contribution in [-0.4, -0.2) is 56.1 Å². The number of thiophene rings is 1. The van der Waals surface area contributed by atoms with E-state index in [0.717, 1.165) is 68.8 Å². The fraction of sp³-hybridized carbons (Fsp3) is 0.650. The Labute approximate surface area is 164 Å². The highest BCUT2D eigenvalue weighted by Gasteiger charge is 2.33. The molecule has 6 nitrogen and oxygen atoms in total. The number of carbonyl (C=O) groups excluding carboxylic acids is 1. The van der Waals surface area contributed by atoms with Crippen molar-refractivity contribution in [2.45, 2.75) is 63.6 Å². The lowest BCUT2D eigenvalue weighted by Gasteiger charge is -2.35. The Morgan fingerprint density at radius 3 is 2.78 bits per heavy atom. The Kier molecular flexibility index (Phi) is 4.73. The predicted molar refractivity (Wildman–Crippen MR) is 105 cm³/mol. The van der Waals surface area contributed by atoms with Crippen molar-refractivity contribution in [3.8, 4) is 0 Å². The maximum Gasteiger partial charge on any atom is 0.254 e. The third kappa shape index (κ3) is 3.31. The van der Waals surface area contributed by atoms with Crippen molar-refractivity contribution in [2.24, 2.45) is 0 Å². The summed E-state index contributed by atoms with van der Waals surface area (Å²) in [5.74, 6) is 2.68. The van der Waals surface area contributed by atoms with Crippen LogP contribution in [0, 0.1) is 0 Å². The first kappa shape index (κ1) is 17.4. The second kappa shape index (κ2) is 7.36. The molecular formula is C20H27N5OS. The number of carbonyl (C=O) groups is 1. The molecule has 2 fully saturated rings. The smallest absolute Gasteiger partial charge is 0.254 e. The minimum absolute atomic E-state index is 0.159. The molecule has 3 aliphatic rings. The molecule has 1 amide bonds. The van der Waals surface area contributed by atoms with Gasteiger partial charge in [0.1, 0.15) is 11.6 Å². The van der Waals surface area contributed by atoms with Gasteiger partial charge in [0.15, 0.2) is 0 Å². The normalized spacial score (nSPS) is 24.3. The van der Waals surface area contributed by atoms with Gasteiger partial charge in [-0.1, -0.05) is 12.8 Å². The standard InChI is InChI=1S/C20H27N5OS/c26-20(16-7-11-27-14-16)24-8-3-4-15(12-24)19-22-21-18-13-23(9-10-25(18)19)17-5-1-2-6-17/h7,11,14-15,17H,1-6,8-10,12-13H2. The van der Waals surface area contributed by atoms with Crippen LogP contribution in [-0.2, 0) is 13.1 Å². The lowest BCUT2D eigenvalue weighted by Crippen LogP contribution is -2.42. The lowest BCUT2D eigenvalue weighted by atomic mass is 9.96. The monoisotopic (exact) mass is 385 g/mol. The van der Waals surface area contributed by atoms with E-state index in [1.807, 2.05) is 21.7 Å². The molecule has 0 bridgehead atoms. The van der Waals surface area contributed by atoms with E-state index in [1.54, 1.807) is 11.3 Å². The van der Waals surface area contributed by atoms with Gasteiger partial charge in [-0.3, -0.25) is 9.69 Å². The summed E-state index contributed by atoms with van der Waals surface area (Å²) in [6.45, 7) is 4.64. The molecule has 0 aromatic carbocycles. The average Bonchev–Trinajstić information content (AvgIpc) is 3.48. The van der Waals surface area contributed by atoms with Gasteiger partial charge in [-0.05, 0) is 37.1 Å². The van der Waals surface area contributed by atoms with Crippen LogP contribution in [0.2, 0.25) is 0 Å². The van der Waals surface area contributed by atoms with Crippen LogP contribution in [0.4, 0.5) is 0 Å². The van der Waals surface area contributed by atoms with Gasteiger partial charge in [-0.15, -0.1) is 10.2 Å². The summed E-state index contributed by atoms with van der Waals surface area (Å²) >= 11 is 1.58. The molecule has 1 saturated heterocycles. The van der Waals surface area contributed by atoms with E-state index in [2.05, 4.69) is 19.7 Å². The van der Waals surface area contributed by atoms with Crippen molar-refractivity contribution >= 4 is 17.2 Å². The van der Waals surface area contributed by atoms with Gasteiger partial charge in [0.25, 0.3) is 5.91 Å². The van der Waals surface area contributed by atoms with Gasteiger partial charge in [0, 0.05) is 43.5 Å². The fourth-order valence-electron chi connectivity index (χ4n) is 5.02. The molecule has 0 radical (unpaired) electrons. The van der Waals surface area contributed by atoms with E-state index < -0.39 is 0 Å². The van der Waals surface area contributed by atoms with Gasteiger partial charge < -0.3 is 9.47 Å². The number of hydrogen-bond acceptors (Lipinski definition) is 5. The number of aromatic nitrogens is 3. The van der Waals surface area contributed by atoms with Crippen molar-refractivity contribution < 1.29 is 4.79 Å². The van der Waals surface area contributed by atoms with Crippen LogP contribution < -0.4 is 0 Å². The molecule has 27 heavy (non-hydrogen) atoms. The first-order valence-corrected chi connectivity index (χ1v) is 11.2. The molecule has 4 heterocycles. The molecule has 2 aliphatic heterocycles. The second-order valence-corrected chi connectivity index (χ2v) is 8.92.